The number of nitrogens with one attached hydrogen (secondary N) is 1. The van der Waals surface area contributed by atoms with Gasteiger partial charge in [-0.15, -0.1) is 23.7 Å². The molecule has 1 aromatic carbocycles. The number of thiophene rings is 1. The first-order chi connectivity index (χ1) is 13.1. The summed E-state index contributed by atoms with van der Waals surface area (Å²) in [5, 5.41) is 3.52. The van der Waals surface area contributed by atoms with Crippen molar-refractivity contribution in [1.29, 1.82) is 0 Å². The number of rotatable bonds is 3. The number of carbonyl (C=O) groups excluding carboxylic acids is 1. The minimum atomic E-state index is -4.55. The lowest BCUT2D eigenvalue weighted by atomic mass is 9.72. The minimum absolute atomic E-state index is 0. The van der Waals surface area contributed by atoms with Crippen LogP contribution < -0.4 is 10.1 Å². The lowest BCUT2D eigenvalue weighted by Gasteiger charge is -2.56. The van der Waals surface area contributed by atoms with Gasteiger partial charge >= 0.3 is 6.18 Å². The van der Waals surface area contributed by atoms with Crippen LogP contribution in [0.3, 0.4) is 0 Å². The molecule has 0 radical (unpaired) electrons. The Balaban J connectivity index is 0.00000240. The van der Waals surface area contributed by atoms with Crippen molar-refractivity contribution >= 4 is 39.7 Å². The van der Waals surface area contributed by atoms with Gasteiger partial charge in [0, 0.05) is 11.6 Å². The van der Waals surface area contributed by atoms with Crippen LogP contribution in [-0.2, 0) is 6.18 Å². The van der Waals surface area contributed by atoms with Gasteiger partial charge in [0.15, 0.2) is 0 Å². The van der Waals surface area contributed by atoms with Gasteiger partial charge in [-0.2, -0.15) is 13.2 Å². The van der Waals surface area contributed by atoms with Gasteiger partial charge in [0.2, 0.25) is 0 Å². The van der Waals surface area contributed by atoms with E-state index >= 15 is 0 Å². The molecule has 5 rings (SSSR count). The molecule has 0 unspecified atom stereocenters. The Labute approximate surface area is 177 Å². The standard InChI is InChI=1S/C20H23F3N2O2S.ClH/c1-19(2)17(11-6-8-25(19)9-7-11)24-18(26)14-10-12-4-5-13(27-3)15(16(12)28-14)20(21,22)23;/h4-5,10-11,17H,6-9H2,1-3H3,(H,24,26);1H/t17-;/m1./s1. The predicted octanol–water partition coefficient (Wildman–Crippen LogP) is 4.95. The van der Waals surface area contributed by atoms with Crippen molar-refractivity contribution in [3.63, 3.8) is 0 Å². The van der Waals surface area contributed by atoms with E-state index in [-0.39, 0.29) is 40.3 Å². The molecular weight excluding hydrogens is 425 g/mol. The highest BCUT2D eigenvalue weighted by Crippen LogP contribution is 2.44. The number of methoxy groups -OCH3 is 1. The highest BCUT2D eigenvalue weighted by atomic mass is 35.5. The molecule has 1 amide bonds. The molecule has 0 spiro atoms. The van der Waals surface area contributed by atoms with Crippen molar-refractivity contribution in [2.75, 3.05) is 20.2 Å². The number of hydrogen-bond acceptors (Lipinski definition) is 4. The Kier molecular flexibility index (Phi) is 5.84. The van der Waals surface area contributed by atoms with Gasteiger partial charge in [-0.25, -0.2) is 0 Å². The molecule has 160 valence electrons. The number of fused-ring (bicyclic) bond motifs is 4. The van der Waals surface area contributed by atoms with Crippen molar-refractivity contribution < 1.29 is 22.7 Å². The van der Waals surface area contributed by atoms with Gasteiger partial charge in [0.05, 0.1) is 16.7 Å². The number of ether oxygens (including phenoxy) is 1. The largest absolute Gasteiger partial charge is 0.496 e. The van der Waals surface area contributed by atoms with Crippen LogP contribution in [0.4, 0.5) is 13.2 Å². The first-order valence-corrected chi connectivity index (χ1v) is 10.2. The molecule has 1 aromatic heterocycles. The van der Waals surface area contributed by atoms with Crippen molar-refractivity contribution in [2.45, 2.75) is 44.4 Å². The Bertz CT molecular complexity index is 920. The van der Waals surface area contributed by atoms with E-state index in [2.05, 4.69) is 24.1 Å². The summed E-state index contributed by atoms with van der Waals surface area (Å²) in [6.45, 7) is 6.31. The van der Waals surface area contributed by atoms with Crippen LogP contribution >= 0.6 is 23.7 Å². The molecule has 4 heterocycles. The van der Waals surface area contributed by atoms with Crippen LogP contribution in [0, 0.1) is 5.92 Å². The van der Waals surface area contributed by atoms with E-state index in [4.69, 9.17) is 4.74 Å². The number of alkyl halides is 3. The minimum Gasteiger partial charge on any atom is -0.496 e. The van der Waals surface area contributed by atoms with E-state index in [1.807, 2.05) is 0 Å². The number of halogens is 4. The lowest BCUT2D eigenvalue weighted by molar-refractivity contribution is -0.137. The topological polar surface area (TPSA) is 41.6 Å². The third-order valence-electron chi connectivity index (χ3n) is 6.25. The fourth-order valence-electron chi connectivity index (χ4n) is 4.72. The smallest absolute Gasteiger partial charge is 0.421 e. The molecular formula is C20H24ClF3N2O2S. The third kappa shape index (κ3) is 3.70. The Morgan fingerprint density at radius 3 is 2.48 bits per heavy atom. The van der Waals surface area contributed by atoms with E-state index < -0.39 is 11.7 Å². The fourth-order valence-corrected chi connectivity index (χ4v) is 5.85. The summed E-state index contributed by atoms with van der Waals surface area (Å²) in [4.78, 5) is 15.6. The van der Waals surface area contributed by atoms with Crippen LogP contribution in [0.15, 0.2) is 18.2 Å². The average Bonchev–Trinajstić information content (AvgIpc) is 3.07. The highest BCUT2D eigenvalue weighted by Gasteiger charge is 2.48. The predicted molar refractivity (Wildman–Crippen MR) is 110 cm³/mol. The monoisotopic (exact) mass is 448 g/mol. The molecule has 3 aliphatic rings. The summed E-state index contributed by atoms with van der Waals surface area (Å²) in [6, 6.07) is 4.40. The van der Waals surface area contributed by atoms with Gasteiger partial charge in [-0.1, -0.05) is 0 Å². The number of piperidine rings is 3. The van der Waals surface area contributed by atoms with Crippen molar-refractivity contribution in [1.82, 2.24) is 10.2 Å². The van der Waals surface area contributed by atoms with Gasteiger partial charge in [-0.05, 0) is 69.3 Å². The Hall–Kier alpha value is -1.51. The maximum atomic E-state index is 13.6. The van der Waals surface area contributed by atoms with Crippen molar-refractivity contribution in [2.24, 2.45) is 5.92 Å². The Morgan fingerprint density at radius 2 is 1.93 bits per heavy atom. The van der Waals surface area contributed by atoms with Crippen LogP contribution in [0.1, 0.15) is 41.9 Å². The Morgan fingerprint density at radius 1 is 1.28 bits per heavy atom. The maximum Gasteiger partial charge on any atom is 0.421 e. The summed E-state index contributed by atoms with van der Waals surface area (Å²) in [6.07, 6.45) is -2.48. The molecule has 2 bridgehead atoms. The van der Waals surface area contributed by atoms with Gasteiger partial charge in [-0.3, -0.25) is 9.69 Å². The van der Waals surface area contributed by atoms with Crippen molar-refractivity contribution in [3.8, 4) is 5.75 Å². The molecule has 0 saturated carbocycles. The molecule has 1 N–H and O–H groups in total. The molecule has 4 nitrogen and oxygen atoms in total. The number of nitrogens with zero attached hydrogens (tertiary/aromatic N) is 1. The zero-order valence-electron chi connectivity index (χ0n) is 16.4. The van der Waals surface area contributed by atoms with E-state index in [9.17, 15) is 18.0 Å². The van der Waals surface area contributed by atoms with Crippen LogP contribution in [0.5, 0.6) is 5.75 Å². The van der Waals surface area contributed by atoms with Crippen molar-refractivity contribution in [3.05, 3.63) is 28.6 Å². The number of amides is 1. The first kappa shape index (κ1) is 22.2. The highest BCUT2D eigenvalue weighted by molar-refractivity contribution is 7.21. The van der Waals surface area contributed by atoms with Crippen LogP contribution in [0.2, 0.25) is 0 Å². The van der Waals surface area contributed by atoms with Crippen LogP contribution in [-0.4, -0.2) is 42.6 Å². The van der Waals surface area contributed by atoms with E-state index in [1.54, 1.807) is 12.1 Å². The van der Waals surface area contributed by atoms with Crippen LogP contribution in [0.25, 0.3) is 10.1 Å². The first-order valence-electron chi connectivity index (χ1n) is 9.36. The quantitative estimate of drug-likeness (QED) is 0.722. The maximum absolute atomic E-state index is 13.6. The molecule has 9 heteroatoms. The second-order valence-electron chi connectivity index (χ2n) is 8.10. The zero-order valence-corrected chi connectivity index (χ0v) is 18.1. The molecule has 29 heavy (non-hydrogen) atoms. The SMILES string of the molecule is COc1ccc2cc(C(=O)N[C@@H]3C4CCN(CC4)C3(C)C)sc2c1C(F)(F)F.Cl. The van der Waals surface area contributed by atoms with E-state index in [1.165, 1.54) is 13.2 Å². The molecule has 3 aliphatic heterocycles. The summed E-state index contributed by atoms with van der Waals surface area (Å²) >= 11 is 0.872. The molecule has 2 aromatic rings. The molecule has 0 aliphatic carbocycles. The lowest BCUT2D eigenvalue weighted by Crippen LogP contribution is -2.69. The van der Waals surface area contributed by atoms with Gasteiger partial charge in [0.1, 0.15) is 11.3 Å². The second-order valence-corrected chi connectivity index (χ2v) is 9.15. The molecule has 3 saturated heterocycles. The summed E-state index contributed by atoms with van der Waals surface area (Å²) in [5.74, 6) is -0.128. The molecule has 3 fully saturated rings. The summed E-state index contributed by atoms with van der Waals surface area (Å²) in [5.41, 5.74) is -0.979. The van der Waals surface area contributed by atoms with Gasteiger partial charge in [0.25, 0.3) is 5.91 Å². The van der Waals surface area contributed by atoms with E-state index in [0.29, 0.717) is 16.2 Å². The second kappa shape index (κ2) is 7.63. The number of hydrogen-bond donors (Lipinski definition) is 1. The number of carbonyl (C=O) groups is 1. The number of benzene rings is 1. The van der Waals surface area contributed by atoms with Gasteiger partial charge < -0.3 is 10.1 Å². The average molecular weight is 449 g/mol. The summed E-state index contributed by atoms with van der Waals surface area (Å²) in [7, 11) is 1.22. The van der Waals surface area contributed by atoms with E-state index in [0.717, 1.165) is 37.3 Å². The third-order valence-corrected chi connectivity index (χ3v) is 7.42. The normalized spacial score (nSPS) is 25.5. The zero-order chi connectivity index (χ0) is 20.3. The summed E-state index contributed by atoms with van der Waals surface area (Å²) < 4.78 is 45.7. The fraction of sp³-hybridized carbons (Fsp3) is 0.550. The molecule has 1 atom stereocenters.